The van der Waals surface area contributed by atoms with Gasteiger partial charge in [0.25, 0.3) is 11.8 Å². The molecule has 2 aromatic rings. The zero-order valence-corrected chi connectivity index (χ0v) is 24.4. The molecule has 6 rings (SSSR count). The van der Waals surface area contributed by atoms with Crippen molar-refractivity contribution in [2.24, 2.45) is 21.5 Å². The van der Waals surface area contributed by atoms with Crippen molar-refractivity contribution in [1.29, 1.82) is 0 Å². The minimum Gasteiger partial charge on any atom is -0.492 e. The van der Waals surface area contributed by atoms with E-state index in [0.29, 0.717) is 28.7 Å². The number of hydrogen-bond acceptors (Lipinski definition) is 13. The largest absolute Gasteiger partial charge is 0.492 e. The molecule has 15 heteroatoms. The Labute approximate surface area is 248 Å². The molecule has 0 radical (unpaired) electrons. The van der Waals surface area contributed by atoms with Crippen molar-refractivity contribution < 1.29 is 24.6 Å². The van der Waals surface area contributed by atoms with Crippen LogP contribution in [0.1, 0.15) is 59.3 Å². The van der Waals surface area contributed by atoms with Gasteiger partial charge in [-0.05, 0) is 37.8 Å². The molecule has 43 heavy (non-hydrogen) atoms. The number of benzene rings is 1. The number of amides is 2. The number of hydroxylamine groups is 2. The monoisotopic (exact) mass is 592 g/mol. The minimum atomic E-state index is -1.87. The molecule has 228 valence electrons. The second-order valence-corrected chi connectivity index (χ2v) is 12.2. The zero-order valence-electron chi connectivity index (χ0n) is 24.4. The molecule has 5 heterocycles. The Morgan fingerprint density at radius 1 is 1.14 bits per heavy atom. The fourth-order valence-corrected chi connectivity index (χ4v) is 6.73. The first-order valence-electron chi connectivity index (χ1n) is 14.1. The highest BCUT2D eigenvalue weighted by Gasteiger charge is 2.74. The Morgan fingerprint density at radius 2 is 1.91 bits per heavy atom. The van der Waals surface area contributed by atoms with Gasteiger partial charge in [0.2, 0.25) is 5.96 Å². The van der Waals surface area contributed by atoms with Gasteiger partial charge in [-0.25, -0.2) is 20.0 Å². The van der Waals surface area contributed by atoms with Gasteiger partial charge in [-0.3, -0.25) is 14.8 Å². The van der Waals surface area contributed by atoms with Gasteiger partial charge in [0.05, 0.1) is 24.3 Å². The van der Waals surface area contributed by atoms with Gasteiger partial charge in [0, 0.05) is 24.3 Å². The zero-order chi connectivity index (χ0) is 30.9. The predicted molar refractivity (Wildman–Crippen MR) is 154 cm³/mol. The average molecular weight is 593 g/mol. The average Bonchev–Trinajstić information content (AvgIpc) is 3.36. The minimum absolute atomic E-state index is 0.00883. The second-order valence-electron chi connectivity index (χ2n) is 12.2. The van der Waals surface area contributed by atoms with E-state index in [2.05, 4.69) is 44.4 Å². The van der Waals surface area contributed by atoms with E-state index in [0.717, 1.165) is 12.0 Å². The van der Waals surface area contributed by atoms with E-state index in [1.54, 1.807) is 19.1 Å². The Hall–Kier alpha value is -4.50. The second kappa shape index (κ2) is 9.77. The van der Waals surface area contributed by atoms with Gasteiger partial charge >= 0.3 is 0 Å². The highest BCUT2D eigenvalue weighted by Crippen LogP contribution is 2.50. The first-order valence-corrected chi connectivity index (χ1v) is 14.1. The molecule has 2 amide bonds. The van der Waals surface area contributed by atoms with Gasteiger partial charge in [-0.2, -0.15) is 5.06 Å². The molecule has 15 nitrogen and oxygen atoms in total. The maximum absolute atomic E-state index is 13.7. The number of fused-ring (bicyclic) bond motifs is 1. The van der Waals surface area contributed by atoms with Crippen LogP contribution in [0.25, 0.3) is 0 Å². The summed E-state index contributed by atoms with van der Waals surface area (Å²) in [4.78, 5) is 45.1. The Balaban J connectivity index is 1.29. The lowest BCUT2D eigenvalue weighted by Crippen LogP contribution is -2.77. The Morgan fingerprint density at radius 3 is 2.65 bits per heavy atom. The lowest BCUT2D eigenvalue weighted by Gasteiger charge is -2.52. The number of ether oxygens (including phenoxy) is 1. The lowest BCUT2D eigenvalue weighted by atomic mass is 9.78. The van der Waals surface area contributed by atoms with Crippen molar-refractivity contribution >= 4 is 23.7 Å². The van der Waals surface area contributed by atoms with Crippen LogP contribution >= 0.6 is 0 Å². The number of aromatic nitrogens is 2. The van der Waals surface area contributed by atoms with Crippen LogP contribution in [-0.4, -0.2) is 103 Å². The van der Waals surface area contributed by atoms with Crippen molar-refractivity contribution in [3.63, 3.8) is 0 Å². The fraction of sp³-hybridized carbons (Fsp3) is 0.500. The van der Waals surface area contributed by atoms with E-state index in [1.807, 2.05) is 12.1 Å². The molecule has 0 saturated carbocycles. The van der Waals surface area contributed by atoms with Gasteiger partial charge in [-0.1, -0.05) is 26.0 Å². The number of carbonyl (C=O) groups is 2. The molecular formula is C28H36N10O5. The molecule has 4 aliphatic rings. The van der Waals surface area contributed by atoms with Crippen LogP contribution in [0.3, 0.4) is 0 Å². The van der Waals surface area contributed by atoms with Gasteiger partial charge in [0.1, 0.15) is 29.4 Å². The number of aliphatic hydroxyl groups is 1. The molecular weight excluding hydrogens is 556 g/mol. The third-order valence-corrected chi connectivity index (χ3v) is 9.14. The normalized spacial score (nSPS) is 30.3. The van der Waals surface area contributed by atoms with E-state index in [1.165, 1.54) is 18.2 Å². The topological polar surface area (TPSA) is 217 Å². The number of para-hydroxylation sites is 1. The molecule has 5 atom stereocenters. The lowest BCUT2D eigenvalue weighted by molar-refractivity contribution is -0.218. The molecule has 1 fully saturated rings. The molecule has 0 aliphatic carbocycles. The summed E-state index contributed by atoms with van der Waals surface area (Å²) < 4.78 is 5.94. The van der Waals surface area contributed by atoms with E-state index in [9.17, 15) is 19.9 Å². The number of aryl methyl sites for hydroxylation is 1. The molecule has 0 bridgehead atoms. The summed E-state index contributed by atoms with van der Waals surface area (Å²) in [6.07, 6.45) is 2.11. The highest BCUT2D eigenvalue weighted by atomic mass is 16.5. The predicted octanol–water partition coefficient (Wildman–Crippen LogP) is -0.779. The summed E-state index contributed by atoms with van der Waals surface area (Å²) >= 11 is 0. The van der Waals surface area contributed by atoms with Crippen molar-refractivity contribution in [3.05, 3.63) is 53.1 Å². The Kier molecular flexibility index (Phi) is 6.50. The summed E-state index contributed by atoms with van der Waals surface area (Å²) in [5.74, 6) is -0.690. The maximum atomic E-state index is 13.7. The third-order valence-electron chi connectivity index (χ3n) is 9.14. The van der Waals surface area contributed by atoms with E-state index >= 15 is 0 Å². The van der Waals surface area contributed by atoms with E-state index < -0.39 is 41.2 Å². The molecule has 1 spiro atoms. The summed E-state index contributed by atoms with van der Waals surface area (Å²) in [7, 11) is 0. The molecule has 8 N–H and O–H groups in total. The van der Waals surface area contributed by atoms with Crippen LogP contribution in [0.2, 0.25) is 0 Å². The van der Waals surface area contributed by atoms with Crippen LogP contribution in [0.15, 0.2) is 40.6 Å². The van der Waals surface area contributed by atoms with E-state index in [-0.39, 0.29) is 36.1 Å². The molecule has 3 unspecified atom stereocenters. The number of rotatable bonds is 5. The summed E-state index contributed by atoms with van der Waals surface area (Å²) in [6.45, 7) is 7.85. The van der Waals surface area contributed by atoms with Crippen molar-refractivity contribution in [3.8, 4) is 5.75 Å². The van der Waals surface area contributed by atoms with Crippen LogP contribution in [0.4, 0.5) is 0 Å². The standard InChI is InChI=1S/C28H36N10O5/c1-14-10-17(33-13-32-14)23(40)31-11-18-21-28(38(42)25(30)36-21)27(4,41)19(12-37(28)24(29)34-18)35-22(39)15-6-5-7-16-20(15)43-9-8-26(16,2)3/h5-7,10,13,18-19,21,41-42H,8-9,11-12H2,1-4H3,(H2,29,34)(H2,30,36)(H,31,40)(H,35,39)/t18?,19-,21?,27-,28?/m0/s1. The summed E-state index contributed by atoms with van der Waals surface area (Å²) in [6, 6.07) is 4.24. The number of guanidine groups is 2. The first kappa shape index (κ1) is 28.6. The van der Waals surface area contributed by atoms with Crippen LogP contribution in [-0.2, 0) is 5.41 Å². The van der Waals surface area contributed by atoms with Gasteiger partial charge in [0.15, 0.2) is 11.6 Å². The quantitative estimate of drug-likeness (QED) is 0.253. The van der Waals surface area contributed by atoms with E-state index in [4.69, 9.17) is 16.2 Å². The highest BCUT2D eigenvalue weighted by molar-refractivity contribution is 5.98. The number of aliphatic imine (C=N–C) groups is 2. The molecule has 1 aromatic carbocycles. The number of carbonyl (C=O) groups excluding carboxylic acids is 2. The SMILES string of the molecule is Cc1cc(C(=O)NCC2N=C(N)N3C[C@H](NC(=O)c4cccc5c4OCCC5(C)C)[C@](C)(O)C34C2N=C(N)N4O)ncn1. The fourth-order valence-electron chi connectivity index (χ4n) is 6.73. The van der Waals surface area contributed by atoms with Crippen LogP contribution < -0.4 is 26.8 Å². The van der Waals surface area contributed by atoms with Crippen molar-refractivity contribution in [1.82, 2.24) is 30.6 Å². The van der Waals surface area contributed by atoms with Crippen molar-refractivity contribution in [2.75, 3.05) is 19.7 Å². The van der Waals surface area contributed by atoms with Crippen LogP contribution in [0, 0.1) is 6.92 Å². The summed E-state index contributed by atoms with van der Waals surface area (Å²) in [5, 5.41) is 29.9. The third kappa shape index (κ3) is 4.17. The maximum Gasteiger partial charge on any atom is 0.270 e. The molecule has 1 aromatic heterocycles. The number of nitrogens with one attached hydrogen (secondary N) is 2. The molecule has 1 saturated heterocycles. The Bertz CT molecular complexity index is 1560. The van der Waals surface area contributed by atoms with Gasteiger partial charge in [-0.15, -0.1) is 0 Å². The first-order chi connectivity index (χ1) is 20.3. The number of nitrogens with zero attached hydrogens (tertiary/aromatic N) is 6. The number of nitrogens with two attached hydrogens (primary N) is 2. The summed E-state index contributed by atoms with van der Waals surface area (Å²) in [5.41, 5.74) is 10.8. The molecule has 4 aliphatic heterocycles. The number of hydrogen-bond donors (Lipinski definition) is 6. The van der Waals surface area contributed by atoms with Gasteiger partial charge < -0.3 is 36.8 Å². The smallest absolute Gasteiger partial charge is 0.270 e. The van der Waals surface area contributed by atoms with Crippen LogP contribution in [0.5, 0.6) is 5.75 Å². The van der Waals surface area contributed by atoms with Crippen molar-refractivity contribution in [2.45, 2.75) is 68.9 Å².